The Labute approximate surface area is 93.8 Å². The lowest BCUT2D eigenvalue weighted by Crippen LogP contribution is -2.01. The van der Waals surface area contributed by atoms with Gasteiger partial charge in [0, 0.05) is 12.2 Å². The Morgan fingerprint density at radius 2 is 2.13 bits per heavy atom. The molecule has 0 aromatic heterocycles. The summed E-state index contributed by atoms with van der Waals surface area (Å²) in [6.07, 6.45) is 1.26. The molecule has 0 spiro atoms. The summed E-state index contributed by atoms with van der Waals surface area (Å²) < 4.78 is 10.4. The van der Waals surface area contributed by atoms with Crippen LogP contribution in [0.1, 0.15) is 12.0 Å². The fourth-order valence-corrected chi connectivity index (χ4v) is 1.62. The molecule has 1 aromatic rings. The summed E-state index contributed by atoms with van der Waals surface area (Å²) in [4.78, 5) is 11.1. The number of benzene rings is 1. The maximum Gasteiger partial charge on any atom is 0.231 e. The first-order valence-electron chi connectivity index (χ1n) is 4.80. The van der Waals surface area contributed by atoms with E-state index in [0.717, 1.165) is 23.5 Å². The van der Waals surface area contributed by atoms with Gasteiger partial charge in [-0.2, -0.15) is 12.6 Å². The van der Waals surface area contributed by atoms with Gasteiger partial charge in [0.25, 0.3) is 0 Å². The zero-order valence-corrected chi connectivity index (χ0v) is 9.13. The molecule has 2 rings (SSSR count). The molecule has 1 aliphatic rings. The molecule has 0 atom stereocenters. The SMILES string of the molecule is O=C(CS)CCc1ccc2c(c1)OCO2. The molecule has 0 unspecified atom stereocenters. The maximum atomic E-state index is 11.1. The second kappa shape index (κ2) is 4.57. The highest BCUT2D eigenvalue weighted by Gasteiger charge is 2.13. The van der Waals surface area contributed by atoms with Crippen LogP contribution in [0, 0.1) is 0 Å². The van der Waals surface area contributed by atoms with Crippen LogP contribution in [0.2, 0.25) is 0 Å². The summed E-state index contributed by atoms with van der Waals surface area (Å²) in [5, 5.41) is 0. The predicted molar refractivity (Wildman–Crippen MR) is 59.7 cm³/mol. The third kappa shape index (κ3) is 2.45. The van der Waals surface area contributed by atoms with Crippen molar-refractivity contribution < 1.29 is 14.3 Å². The van der Waals surface area contributed by atoms with Crippen LogP contribution in [0.25, 0.3) is 0 Å². The first-order valence-corrected chi connectivity index (χ1v) is 5.44. The Hall–Kier alpha value is -1.16. The van der Waals surface area contributed by atoms with Crippen molar-refractivity contribution in [2.75, 3.05) is 12.5 Å². The molecule has 1 heterocycles. The molecule has 80 valence electrons. The molecule has 0 saturated carbocycles. The van der Waals surface area contributed by atoms with Gasteiger partial charge in [-0.25, -0.2) is 0 Å². The van der Waals surface area contributed by atoms with E-state index < -0.39 is 0 Å². The lowest BCUT2D eigenvalue weighted by molar-refractivity contribution is -0.116. The van der Waals surface area contributed by atoms with E-state index in [0.29, 0.717) is 12.2 Å². The Balaban J connectivity index is 2.01. The number of ether oxygens (including phenoxy) is 2. The molecule has 0 saturated heterocycles. The van der Waals surface area contributed by atoms with Crippen LogP contribution in [0.3, 0.4) is 0 Å². The minimum absolute atomic E-state index is 0.163. The minimum Gasteiger partial charge on any atom is -0.454 e. The summed E-state index contributed by atoms with van der Waals surface area (Å²) in [7, 11) is 0. The number of carbonyl (C=O) groups is 1. The van der Waals surface area contributed by atoms with Crippen molar-refractivity contribution in [3.05, 3.63) is 23.8 Å². The second-order valence-electron chi connectivity index (χ2n) is 3.38. The van der Waals surface area contributed by atoms with Crippen LogP contribution in [0.15, 0.2) is 18.2 Å². The Morgan fingerprint density at radius 1 is 1.33 bits per heavy atom. The van der Waals surface area contributed by atoms with E-state index in [1.165, 1.54) is 0 Å². The van der Waals surface area contributed by atoms with E-state index in [2.05, 4.69) is 12.6 Å². The lowest BCUT2D eigenvalue weighted by atomic mass is 10.1. The molecule has 0 amide bonds. The zero-order chi connectivity index (χ0) is 10.7. The van der Waals surface area contributed by atoms with Gasteiger partial charge in [-0.15, -0.1) is 0 Å². The van der Waals surface area contributed by atoms with Crippen molar-refractivity contribution in [2.24, 2.45) is 0 Å². The fraction of sp³-hybridized carbons (Fsp3) is 0.364. The fourth-order valence-electron chi connectivity index (χ4n) is 1.46. The van der Waals surface area contributed by atoms with Gasteiger partial charge in [0.05, 0.1) is 0 Å². The Bertz CT molecular complexity index is 376. The van der Waals surface area contributed by atoms with Crippen molar-refractivity contribution in [1.29, 1.82) is 0 Å². The highest BCUT2D eigenvalue weighted by molar-refractivity contribution is 7.81. The number of carbonyl (C=O) groups excluding carboxylic acids is 1. The Kier molecular flexibility index (Phi) is 3.16. The van der Waals surface area contributed by atoms with E-state index in [9.17, 15) is 4.79 Å². The lowest BCUT2D eigenvalue weighted by Gasteiger charge is -2.01. The molecule has 0 radical (unpaired) electrons. The third-order valence-electron chi connectivity index (χ3n) is 2.31. The summed E-state index contributed by atoms with van der Waals surface area (Å²) >= 11 is 3.93. The molecule has 1 aliphatic heterocycles. The summed E-state index contributed by atoms with van der Waals surface area (Å²) in [6.45, 7) is 0.286. The largest absolute Gasteiger partial charge is 0.454 e. The minimum atomic E-state index is 0.163. The average molecular weight is 224 g/mol. The van der Waals surface area contributed by atoms with Crippen molar-refractivity contribution in [3.63, 3.8) is 0 Å². The summed E-state index contributed by atoms with van der Waals surface area (Å²) in [6, 6.07) is 5.76. The molecule has 3 nitrogen and oxygen atoms in total. The van der Waals surface area contributed by atoms with E-state index in [1.54, 1.807) is 0 Å². The van der Waals surface area contributed by atoms with Crippen LogP contribution in [0.5, 0.6) is 11.5 Å². The van der Waals surface area contributed by atoms with Gasteiger partial charge in [-0.3, -0.25) is 4.79 Å². The van der Waals surface area contributed by atoms with Crippen molar-refractivity contribution in [3.8, 4) is 11.5 Å². The second-order valence-corrected chi connectivity index (χ2v) is 3.70. The molecule has 0 bridgehead atoms. The summed E-state index contributed by atoms with van der Waals surface area (Å²) in [5.74, 6) is 2.02. The van der Waals surface area contributed by atoms with Crippen LogP contribution in [-0.4, -0.2) is 18.3 Å². The van der Waals surface area contributed by atoms with E-state index in [4.69, 9.17) is 9.47 Å². The van der Waals surface area contributed by atoms with Gasteiger partial charge in [-0.05, 0) is 24.1 Å². The monoisotopic (exact) mass is 224 g/mol. The number of fused-ring (bicyclic) bond motifs is 1. The number of hydrogen-bond acceptors (Lipinski definition) is 4. The standard InChI is InChI=1S/C11H12O3S/c12-9(6-15)3-1-8-2-4-10-11(5-8)14-7-13-10/h2,4-5,15H,1,3,6-7H2. The number of thiol groups is 1. The quantitative estimate of drug-likeness (QED) is 0.793. The first-order chi connectivity index (χ1) is 7.29. The van der Waals surface area contributed by atoms with Gasteiger partial charge < -0.3 is 9.47 Å². The van der Waals surface area contributed by atoms with Crippen LogP contribution in [-0.2, 0) is 11.2 Å². The molecular formula is C11H12O3S. The van der Waals surface area contributed by atoms with E-state index in [-0.39, 0.29) is 12.6 Å². The van der Waals surface area contributed by atoms with Crippen LogP contribution in [0.4, 0.5) is 0 Å². The molecule has 0 N–H and O–H groups in total. The van der Waals surface area contributed by atoms with Gasteiger partial charge in [-0.1, -0.05) is 6.07 Å². The van der Waals surface area contributed by atoms with Gasteiger partial charge in [0.2, 0.25) is 6.79 Å². The average Bonchev–Trinajstić information content (AvgIpc) is 2.72. The molecular weight excluding hydrogens is 212 g/mol. The third-order valence-corrected chi connectivity index (χ3v) is 2.66. The van der Waals surface area contributed by atoms with E-state index in [1.807, 2.05) is 18.2 Å². The predicted octanol–water partition coefficient (Wildman–Crippen LogP) is 1.85. The Morgan fingerprint density at radius 3 is 2.93 bits per heavy atom. The van der Waals surface area contributed by atoms with Crippen LogP contribution < -0.4 is 9.47 Å². The number of rotatable bonds is 4. The van der Waals surface area contributed by atoms with Crippen LogP contribution >= 0.6 is 12.6 Å². The van der Waals surface area contributed by atoms with Gasteiger partial charge in [0.15, 0.2) is 11.5 Å². The van der Waals surface area contributed by atoms with Crippen molar-refractivity contribution in [1.82, 2.24) is 0 Å². The normalized spacial score (nSPS) is 12.9. The number of aryl methyl sites for hydroxylation is 1. The summed E-state index contributed by atoms with van der Waals surface area (Å²) in [5.41, 5.74) is 1.09. The topological polar surface area (TPSA) is 35.5 Å². The first kappa shape index (κ1) is 10.4. The number of ketones is 1. The smallest absolute Gasteiger partial charge is 0.231 e. The highest BCUT2D eigenvalue weighted by Crippen LogP contribution is 2.32. The molecule has 15 heavy (non-hydrogen) atoms. The number of Topliss-reactive ketones (excluding diaryl/α,β-unsaturated/α-hetero) is 1. The van der Waals surface area contributed by atoms with Crippen molar-refractivity contribution >= 4 is 18.4 Å². The molecule has 0 fully saturated rings. The maximum absolute atomic E-state index is 11.1. The van der Waals surface area contributed by atoms with Crippen molar-refractivity contribution in [2.45, 2.75) is 12.8 Å². The van der Waals surface area contributed by atoms with Gasteiger partial charge >= 0.3 is 0 Å². The number of hydrogen-bond donors (Lipinski definition) is 1. The molecule has 4 heteroatoms. The zero-order valence-electron chi connectivity index (χ0n) is 8.23. The molecule has 1 aromatic carbocycles. The highest BCUT2D eigenvalue weighted by atomic mass is 32.1. The molecule has 0 aliphatic carbocycles. The van der Waals surface area contributed by atoms with Gasteiger partial charge in [0.1, 0.15) is 5.78 Å². The van der Waals surface area contributed by atoms with E-state index >= 15 is 0 Å².